The number of oxazole rings is 1. The van der Waals surface area contributed by atoms with Crippen molar-refractivity contribution in [2.75, 3.05) is 5.75 Å². The predicted molar refractivity (Wildman–Crippen MR) is 121 cm³/mol. The van der Waals surface area contributed by atoms with Crippen LogP contribution in [-0.2, 0) is 16.1 Å². The average molecular weight is 460 g/mol. The van der Waals surface area contributed by atoms with Gasteiger partial charge in [0.25, 0.3) is 0 Å². The van der Waals surface area contributed by atoms with Gasteiger partial charge in [0.2, 0.25) is 5.89 Å². The highest BCUT2D eigenvalue weighted by Crippen LogP contribution is 2.29. The van der Waals surface area contributed by atoms with E-state index in [1.165, 1.54) is 6.07 Å². The lowest BCUT2D eigenvalue weighted by atomic mass is 10.2. The Morgan fingerprint density at radius 2 is 1.73 bits per heavy atom. The molecule has 0 atom stereocenters. The lowest BCUT2D eigenvalue weighted by Gasteiger charge is -2.10. The molecule has 0 unspecified atom stereocenters. The van der Waals surface area contributed by atoms with Crippen molar-refractivity contribution in [3.63, 3.8) is 0 Å². The normalized spacial score (nSPS) is 11.1. The molecule has 2 aromatic heterocycles. The van der Waals surface area contributed by atoms with Crippen LogP contribution in [0.4, 0.5) is 4.39 Å². The van der Waals surface area contributed by atoms with Gasteiger partial charge in [-0.1, -0.05) is 54.2 Å². The molecule has 2 heterocycles. The van der Waals surface area contributed by atoms with Crippen LogP contribution in [0, 0.1) is 5.82 Å². The number of esters is 1. The number of thioether (sulfide) groups is 1. The Kier molecular flexibility index (Phi) is 5.86. The number of halogens is 1. The van der Waals surface area contributed by atoms with Crippen LogP contribution < -0.4 is 0 Å². The minimum atomic E-state index is -0.461. The summed E-state index contributed by atoms with van der Waals surface area (Å²) < 4.78 is 27.0. The second kappa shape index (κ2) is 9.25. The summed E-state index contributed by atoms with van der Waals surface area (Å²) in [6, 6.07) is 23.0. The minimum absolute atomic E-state index is 0.0114. The van der Waals surface area contributed by atoms with E-state index in [0.29, 0.717) is 33.5 Å². The monoisotopic (exact) mass is 460 g/mol. The molecule has 0 aliphatic heterocycles. The molecule has 0 radical (unpaired) electrons. The van der Waals surface area contributed by atoms with Crippen LogP contribution in [0.1, 0.15) is 5.89 Å². The Morgan fingerprint density at radius 3 is 2.55 bits per heavy atom. The zero-order valence-corrected chi connectivity index (χ0v) is 18.0. The molecule has 0 aliphatic rings. The summed E-state index contributed by atoms with van der Waals surface area (Å²) in [4.78, 5) is 16.6. The summed E-state index contributed by atoms with van der Waals surface area (Å²) in [6.07, 6.45) is 0. The standard InChI is InChI=1S/C24H17FN4O3S/c25-18-11-5-4-10-17(18)23-27-28-24(29(23)16-8-2-1-3-9-16)33-15-22(30)31-14-21-26-19-12-6-7-13-20(19)32-21/h1-13H,14-15H2. The summed E-state index contributed by atoms with van der Waals surface area (Å²) in [5.41, 5.74) is 2.41. The first-order valence-electron chi connectivity index (χ1n) is 10.1. The van der Waals surface area contributed by atoms with Crippen LogP contribution in [-0.4, -0.2) is 31.5 Å². The largest absolute Gasteiger partial charge is 0.455 e. The van der Waals surface area contributed by atoms with Gasteiger partial charge in [0, 0.05) is 5.69 Å². The predicted octanol–water partition coefficient (Wildman–Crippen LogP) is 5.05. The van der Waals surface area contributed by atoms with Gasteiger partial charge in [-0.3, -0.25) is 9.36 Å². The highest BCUT2D eigenvalue weighted by molar-refractivity contribution is 7.99. The number of hydrogen-bond acceptors (Lipinski definition) is 7. The van der Waals surface area contributed by atoms with E-state index >= 15 is 0 Å². The summed E-state index contributed by atoms with van der Waals surface area (Å²) in [5.74, 6) is -0.207. The second-order valence-electron chi connectivity index (χ2n) is 6.98. The maximum absolute atomic E-state index is 14.5. The van der Waals surface area contributed by atoms with E-state index in [0.717, 1.165) is 17.4 Å². The van der Waals surface area contributed by atoms with Gasteiger partial charge in [0.15, 0.2) is 23.2 Å². The van der Waals surface area contributed by atoms with Gasteiger partial charge in [-0.2, -0.15) is 0 Å². The van der Waals surface area contributed by atoms with Crippen molar-refractivity contribution in [1.82, 2.24) is 19.7 Å². The number of nitrogens with zero attached hydrogens (tertiary/aromatic N) is 4. The molecule has 0 bridgehead atoms. The smallest absolute Gasteiger partial charge is 0.316 e. The van der Waals surface area contributed by atoms with E-state index in [1.54, 1.807) is 28.8 Å². The third kappa shape index (κ3) is 4.49. The number of benzene rings is 3. The molecule has 3 aromatic carbocycles. The lowest BCUT2D eigenvalue weighted by molar-refractivity contribution is -0.142. The molecule has 0 N–H and O–H groups in total. The molecule has 0 saturated heterocycles. The molecule has 5 aromatic rings. The van der Waals surface area contributed by atoms with Gasteiger partial charge in [-0.15, -0.1) is 10.2 Å². The maximum atomic E-state index is 14.5. The molecule has 7 nitrogen and oxygen atoms in total. The fourth-order valence-corrected chi connectivity index (χ4v) is 4.03. The Hall–Kier alpha value is -3.98. The van der Waals surface area contributed by atoms with Crippen molar-refractivity contribution in [2.24, 2.45) is 0 Å². The van der Waals surface area contributed by atoms with Crippen molar-refractivity contribution in [2.45, 2.75) is 11.8 Å². The number of aromatic nitrogens is 4. The highest BCUT2D eigenvalue weighted by atomic mass is 32.2. The Labute approximate surface area is 192 Å². The Morgan fingerprint density at radius 1 is 0.970 bits per heavy atom. The summed E-state index contributed by atoms with van der Waals surface area (Å²) in [6.45, 7) is -0.0695. The van der Waals surface area contributed by atoms with Crippen molar-refractivity contribution >= 4 is 28.8 Å². The van der Waals surface area contributed by atoms with Crippen molar-refractivity contribution in [3.05, 3.63) is 90.6 Å². The van der Waals surface area contributed by atoms with E-state index in [-0.39, 0.29) is 12.4 Å². The molecule has 0 saturated carbocycles. The van der Waals surface area contributed by atoms with E-state index < -0.39 is 11.8 Å². The van der Waals surface area contributed by atoms with Crippen LogP contribution in [0.5, 0.6) is 0 Å². The Balaban J connectivity index is 1.33. The number of carbonyl (C=O) groups excluding carboxylic acids is 1. The molecule has 33 heavy (non-hydrogen) atoms. The van der Waals surface area contributed by atoms with Crippen LogP contribution >= 0.6 is 11.8 Å². The molecule has 0 aliphatic carbocycles. The zero-order valence-electron chi connectivity index (χ0n) is 17.2. The van der Waals surface area contributed by atoms with Crippen molar-refractivity contribution < 1.29 is 18.3 Å². The van der Waals surface area contributed by atoms with E-state index in [9.17, 15) is 9.18 Å². The average Bonchev–Trinajstić information content (AvgIpc) is 3.46. The van der Waals surface area contributed by atoms with Gasteiger partial charge in [-0.25, -0.2) is 9.37 Å². The molecule has 9 heteroatoms. The summed E-state index contributed by atoms with van der Waals surface area (Å²) in [7, 11) is 0. The van der Waals surface area contributed by atoms with Crippen LogP contribution in [0.2, 0.25) is 0 Å². The molecule has 164 valence electrons. The van der Waals surface area contributed by atoms with Crippen LogP contribution in [0.3, 0.4) is 0 Å². The number of para-hydroxylation sites is 3. The summed E-state index contributed by atoms with van der Waals surface area (Å²) >= 11 is 1.15. The number of hydrogen-bond donors (Lipinski definition) is 0. The number of ether oxygens (including phenoxy) is 1. The number of fused-ring (bicyclic) bond motifs is 1. The molecule has 0 amide bonds. The zero-order chi connectivity index (χ0) is 22.6. The van der Waals surface area contributed by atoms with Crippen molar-refractivity contribution in [3.8, 4) is 17.1 Å². The first kappa shape index (κ1) is 20.9. The molecular weight excluding hydrogens is 443 g/mol. The van der Waals surface area contributed by atoms with Crippen molar-refractivity contribution in [1.29, 1.82) is 0 Å². The molecule has 0 fully saturated rings. The van der Waals surface area contributed by atoms with E-state index in [2.05, 4.69) is 15.2 Å². The fraction of sp³-hybridized carbons (Fsp3) is 0.0833. The van der Waals surface area contributed by atoms with E-state index in [1.807, 2.05) is 48.5 Å². The second-order valence-corrected chi connectivity index (χ2v) is 7.92. The summed E-state index contributed by atoms with van der Waals surface area (Å²) in [5, 5.41) is 8.84. The van der Waals surface area contributed by atoms with Crippen LogP contribution in [0.15, 0.2) is 88.4 Å². The highest BCUT2D eigenvalue weighted by Gasteiger charge is 2.20. The first-order valence-corrected chi connectivity index (χ1v) is 11.1. The maximum Gasteiger partial charge on any atom is 0.316 e. The topological polar surface area (TPSA) is 83.0 Å². The van der Waals surface area contributed by atoms with Gasteiger partial charge >= 0.3 is 5.97 Å². The minimum Gasteiger partial charge on any atom is -0.455 e. The first-order chi connectivity index (χ1) is 16.2. The molecule has 0 spiro atoms. The number of carbonyl (C=O) groups is 1. The van der Waals surface area contributed by atoms with Gasteiger partial charge < -0.3 is 9.15 Å². The molecular formula is C24H17FN4O3S. The van der Waals surface area contributed by atoms with Gasteiger partial charge in [-0.05, 0) is 36.4 Å². The third-order valence-corrected chi connectivity index (χ3v) is 5.68. The third-order valence-electron chi connectivity index (χ3n) is 4.78. The SMILES string of the molecule is O=C(CSc1nnc(-c2ccccc2F)n1-c1ccccc1)OCc1nc2ccccc2o1. The van der Waals surface area contributed by atoms with Gasteiger partial charge in [0.1, 0.15) is 11.3 Å². The lowest BCUT2D eigenvalue weighted by Crippen LogP contribution is -2.08. The quantitative estimate of drug-likeness (QED) is 0.248. The fourth-order valence-electron chi connectivity index (χ4n) is 3.28. The molecule has 5 rings (SSSR count). The van der Waals surface area contributed by atoms with Crippen LogP contribution in [0.25, 0.3) is 28.2 Å². The number of rotatable bonds is 7. The van der Waals surface area contributed by atoms with E-state index in [4.69, 9.17) is 9.15 Å². The Bertz CT molecular complexity index is 1380. The van der Waals surface area contributed by atoms with Gasteiger partial charge in [0.05, 0.1) is 11.3 Å².